The van der Waals surface area contributed by atoms with Crippen LogP contribution in [0.4, 0.5) is 0 Å². The third-order valence-corrected chi connectivity index (χ3v) is 6.05. The Morgan fingerprint density at radius 1 is 0.774 bits per heavy atom. The second-order valence-electron chi connectivity index (χ2n) is 8.23. The van der Waals surface area contributed by atoms with Crippen LogP contribution >= 0.6 is 24.8 Å². The van der Waals surface area contributed by atoms with Crippen molar-refractivity contribution in [2.24, 2.45) is 5.41 Å². The average Bonchev–Trinajstić information content (AvgIpc) is 3.34. The van der Waals surface area contributed by atoms with Gasteiger partial charge in [-0.15, -0.1) is 43.9 Å². The fourth-order valence-corrected chi connectivity index (χ4v) is 3.99. The molecule has 3 aromatic carbocycles. The summed E-state index contributed by atoms with van der Waals surface area (Å²) in [6.45, 7) is 10.9. The summed E-state index contributed by atoms with van der Waals surface area (Å²) >= 11 is 0. The minimum absolute atomic E-state index is 0. The smallest absolute Gasteiger partial charge is 0.402 e. The quantitative estimate of drug-likeness (QED) is 0.218. The minimum Gasteiger partial charge on any atom is -0.402 e. The Kier molecular flexibility index (Phi) is 9.70. The van der Waals surface area contributed by atoms with E-state index in [1.165, 1.54) is 44.0 Å². The van der Waals surface area contributed by atoms with Crippen LogP contribution in [0.3, 0.4) is 0 Å². The van der Waals surface area contributed by atoms with E-state index in [-0.39, 0.29) is 56.4 Å². The van der Waals surface area contributed by atoms with E-state index in [0.29, 0.717) is 0 Å². The van der Waals surface area contributed by atoms with Crippen LogP contribution in [0.25, 0.3) is 27.2 Å². The van der Waals surface area contributed by atoms with E-state index in [4.69, 9.17) is 0 Å². The van der Waals surface area contributed by atoms with E-state index in [2.05, 4.69) is 118 Å². The van der Waals surface area contributed by atoms with Crippen LogP contribution in [-0.4, -0.2) is 4.57 Å². The molecule has 1 heterocycles. The molecule has 0 unspecified atom stereocenters. The third kappa shape index (κ3) is 5.48. The Balaban J connectivity index is 0.000000324. The summed E-state index contributed by atoms with van der Waals surface area (Å²) in [5.41, 5.74) is 5.65. The molecule has 0 saturated heterocycles. The van der Waals surface area contributed by atoms with E-state index >= 15 is 0 Å². The second kappa shape index (κ2) is 10.9. The topological polar surface area (TPSA) is 4.93 Å². The van der Waals surface area contributed by atoms with Crippen molar-refractivity contribution in [1.29, 1.82) is 0 Å². The molecule has 0 N–H and O–H groups in total. The largest absolute Gasteiger partial charge is 2.00 e. The van der Waals surface area contributed by atoms with E-state index in [0.717, 1.165) is 0 Å². The van der Waals surface area contributed by atoms with Crippen LogP contribution < -0.4 is 0 Å². The van der Waals surface area contributed by atoms with Crippen molar-refractivity contribution < 1.29 is 26.2 Å². The number of nitrogens with zero attached hydrogens (tertiary/aromatic N) is 1. The normalized spacial score (nSPS) is 14.2. The molecule has 1 aliphatic rings. The number of halogens is 2. The minimum atomic E-state index is 0. The second-order valence-corrected chi connectivity index (χ2v) is 8.23. The van der Waals surface area contributed by atoms with Crippen LogP contribution in [0, 0.1) is 11.5 Å². The first-order valence-electron chi connectivity index (χ1n) is 9.88. The van der Waals surface area contributed by atoms with Crippen molar-refractivity contribution in [1.82, 2.24) is 4.57 Å². The molecule has 31 heavy (non-hydrogen) atoms. The predicted octanol–water partition coefficient (Wildman–Crippen LogP) is 8.46. The van der Waals surface area contributed by atoms with Gasteiger partial charge in [0, 0.05) is 0 Å². The molecule has 0 spiro atoms. The summed E-state index contributed by atoms with van der Waals surface area (Å²) in [4.78, 5) is 0. The van der Waals surface area contributed by atoms with Crippen molar-refractivity contribution in [3.8, 4) is 5.69 Å². The van der Waals surface area contributed by atoms with Gasteiger partial charge in [0.1, 0.15) is 0 Å². The Bertz CT molecular complexity index is 1190. The summed E-state index contributed by atoms with van der Waals surface area (Å²) in [7, 11) is 0. The average molecular weight is 530 g/mol. The van der Waals surface area contributed by atoms with Gasteiger partial charge in [-0.3, -0.25) is 6.08 Å². The first-order chi connectivity index (χ1) is 13.4. The summed E-state index contributed by atoms with van der Waals surface area (Å²) in [6, 6.07) is 21.3. The number of rotatable bonds is 1. The molecule has 4 heteroatoms. The zero-order chi connectivity index (χ0) is 19.9. The fourth-order valence-electron chi connectivity index (χ4n) is 3.99. The molecule has 0 bridgehead atoms. The molecule has 0 radical (unpaired) electrons. The van der Waals surface area contributed by atoms with Crippen LogP contribution in [0.1, 0.15) is 34.6 Å². The van der Waals surface area contributed by atoms with E-state index < -0.39 is 0 Å². The third-order valence-electron chi connectivity index (χ3n) is 6.05. The van der Waals surface area contributed by atoms with Crippen molar-refractivity contribution >= 4 is 46.4 Å². The van der Waals surface area contributed by atoms with Crippen molar-refractivity contribution in [3.63, 3.8) is 0 Å². The van der Waals surface area contributed by atoms with Gasteiger partial charge in [0.15, 0.2) is 0 Å². The van der Waals surface area contributed by atoms with Gasteiger partial charge in [-0.05, 0) is 28.9 Å². The van der Waals surface area contributed by atoms with Gasteiger partial charge in [-0.25, -0.2) is 5.57 Å². The summed E-state index contributed by atoms with van der Waals surface area (Å²) < 4.78 is 2.22. The number of aromatic nitrogens is 1. The SMILES string of the molecule is CC1=[C-]C(C)(C)C(C)=C1C.Cl.Cl.[Zr+2].c1ccc2cn(-[c-]3ccc4ccccc43)cc2c1. The van der Waals surface area contributed by atoms with Crippen LogP contribution in [0.5, 0.6) is 0 Å². The number of hydrogen-bond donors (Lipinski definition) is 0. The summed E-state index contributed by atoms with van der Waals surface area (Å²) in [6.07, 6.45) is 7.82. The molecule has 0 atom stereocenters. The van der Waals surface area contributed by atoms with Gasteiger partial charge in [0.25, 0.3) is 0 Å². The maximum Gasteiger partial charge on any atom is 2.00 e. The Morgan fingerprint density at radius 3 is 1.74 bits per heavy atom. The molecule has 0 fully saturated rings. The van der Waals surface area contributed by atoms with E-state index in [1.54, 1.807) is 0 Å². The molecule has 1 aromatic heterocycles. The zero-order valence-corrected chi connectivity index (χ0v) is 22.8. The summed E-state index contributed by atoms with van der Waals surface area (Å²) in [5, 5.41) is 5.16. The Hall–Kier alpha value is -1.47. The molecular formula is C27H29Cl2NZr. The van der Waals surface area contributed by atoms with Gasteiger partial charge in [-0.2, -0.15) is 11.1 Å². The molecule has 160 valence electrons. The van der Waals surface area contributed by atoms with Crippen molar-refractivity contribution in [3.05, 3.63) is 95.9 Å². The molecule has 4 aromatic rings. The van der Waals surface area contributed by atoms with Gasteiger partial charge >= 0.3 is 26.2 Å². The van der Waals surface area contributed by atoms with Gasteiger partial charge in [-0.1, -0.05) is 92.4 Å². The Labute approximate surface area is 217 Å². The maximum absolute atomic E-state index is 3.44. The maximum atomic E-state index is 3.44. The van der Waals surface area contributed by atoms with Crippen molar-refractivity contribution in [2.75, 3.05) is 0 Å². The monoisotopic (exact) mass is 527 g/mol. The molecule has 1 aliphatic carbocycles. The molecule has 0 saturated carbocycles. The molecule has 0 amide bonds. The molecular weight excluding hydrogens is 500 g/mol. The number of fused-ring (bicyclic) bond motifs is 2. The zero-order valence-electron chi connectivity index (χ0n) is 18.7. The molecule has 5 rings (SSSR count). The van der Waals surface area contributed by atoms with Gasteiger partial charge in [0.2, 0.25) is 0 Å². The van der Waals surface area contributed by atoms with Crippen LogP contribution in [0.15, 0.2) is 89.8 Å². The summed E-state index contributed by atoms with van der Waals surface area (Å²) in [5.74, 6) is 0. The van der Waals surface area contributed by atoms with Gasteiger partial charge < -0.3 is 4.57 Å². The number of allylic oxidation sites excluding steroid dienone is 4. The van der Waals surface area contributed by atoms with Crippen LogP contribution in [0.2, 0.25) is 0 Å². The first-order valence-corrected chi connectivity index (χ1v) is 9.88. The van der Waals surface area contributed by atoms with Crippen LogP contribution in [-0.2, 0) is 26.2 Å². The molecule has 1 nitrogen and oxygen atoms in total. The first kappa shape index (κ1) is 27.6. The van der Waals surface area contributed by atoms with E-state index in [1.807, 2.05) is 0 Å². The van der Waals surface area contributed by atoms with Gasteiger partial charge in [0.05, 0.1) is 0 Å². The Morgan fingerprint density at radius 2 is 1.29 bits per heavy atom. The number of hydrogen-bond acceptors (Lipinski definition) is 0. The van der Waals surface area contributed by atoms with E-state index in [9.17, 15) is 0 Å². The fraction of sp³-hybridized carbons (Fsp3) is 0.222. The predicted molar refractivity (Wildman–Crippen MR) is 135 cm³/mol. The molecule has 0 aliphatic heterocycles. The number of benzene rings is 2. The van der Waals surface area contributed by atoms with Crippen molar-refractivity contribution in [2.45, 2.75) is 34.6 Å². The standard InChI is InChI=1S/C17H12N.C10H15.2ClH.Zr/c1-2-7-15-12-18(11-14(15)6-1)17-10-9-13-5-3-4-8-16(13)17;1-7-6-10(4,5)9(3)8(7)2;;;/h1-12H;1-5H3;2*1H;/q2*-1;;;+2.